The molecule has 1 unspecified atom stereocenters. The van der Waals surface area contributed by atoms with Crippen molar-refractivity contribution in [1.82, 2.24) is 0 Å². The van der Waals surface area contributed by atoms with Gasteiger partial charge in [0.2, 0.25) is 0 Å². The zero-order valence-electron chi connectivity index (χ0n) is 15.6. The second-order valence-electron chi connectivity index (χ2n) is 6.61. The fraction of sp³-hybridized carbons (Fsp3) is 0.286. The maximum atomic E-state index is 13.3. The second kappa shape index (κ2) is 10.0. The van der Waals surface area contributed by atoms with E-state index in [1.54, 1.807) is 12.1 Å². The van der Waals surface area contributed by atoms with Crippen molar-refractivity contribution >= 4 is 35.0 Å². The van der Waals surface area contributed by atoms with Crippen molar-refractivity contribution in [1.29, 1.82) is 0 Å². The van der Waals surface area contributed by atoms with Gasteiger partial charge in [-0.1, -0.05) is 44.0 Å². The van der Waals surface area contributed by atoms with Gasteiger partial charge in [-0.2, -0.15) is 0 Å². The number of hydrogen-bond acceptors (Lipinski definition) is 2. The summed E-state index contributed by atoms with van der Waals surface area (Å²) in [6, 6.07) is 6.14. The Balaban J connectivity index is 2.09. The van der Waals surface area contributed by atoms with E-state index in [0.717, 1.165) is 30.5 Å². The zero-order chi connectivity index (χ0) is 20.8. The van der Waals surface area contributed by atoms with Crippen LogP contribution in [0, 0.1) is 23.4 Å². The highest BCUT2D eigenvalue weighted by atomic mass is 35.5. The first-order valence-corrected chi connectivity index (χ1v) is 10.1. The van der Waals surface area contributed by atoms with E-state index in [-0.39, 0.29) is 11.3 Å². The topological polar surface area (TPSA) is 29.1 Å². The normalized spacial score (nSPS) is 11.9. The highest BCUT2D eigenvalue weighted by Crippen LogP contribution is 2.31. The van der Waals surface area contributed by atoms with E-state index in [1.807, 2.05) is 0 Å². The third-order valence-electron chi connectivity index (χ3n) is 4.20. The molecule has 1 N–H and O–H groups in total. The van der Waals surface area contributed by atoms with Crippen LogP contribution in [0.1, 0.15) is 37.0 Å². The quantitative estimate of drug-likeness (QED) is 0.276. The number of rotatable bonds is 8. The Kier molecular flexibility index (Phi) is 8.01. The van der Waals surface area contributed by atoms with Crippen LogP contribution in [0.5, 0.6) is 0 Å². The summed E-state index contributed by atoms with van der Waals surface area (Å²) in [4.78, 5) is 13.1. The molecule has 28 heavy (non-hydrogen) atoms. The third kappa shape index (κ3) is 6.04. The first-order chi connectivity index (χ1) is 13.2. The van der Waals surface area contributed by atoms with Crippen LogP contribution in [-0.4, -0.2) is 11.7 Å². The number of halogens is 4. The molecular weight excluding hydrogens is 407 g/mol. The van der Waals surface area contributed by atoms with Crippen LogP contribution < -0.4 is 5.32 Å². The van der Waals surface area contributed by atoms with Gasteiger partial charge in [-0.25, -0.2) is 13.2 Å². The Morgan fingerprint density at radius 3 is 2.46 bits per heavy atom. The Labute approximate surface area is 172 Å². The zero-order valence-corrected chi connectivity index (χ0v) is 17.2. The van der Waals surface area contributed by atoms with Crippen LogP contribution in [0.4, 0.5) is 18.9 Å². The number of nitrogens with one attached hydrogen (secondary N) is 1. The molecule has 0 spiro atoms. The van der Waals surface area contributed by atoms with Gasteiger partial charge in [0.05, 0.1) is 5.02 Å². The van der Waals surface area contributed by atoms with Crippen molar-refractivity contribution in [2.24, 2.45) is 5.92 Å². The molecule has 1 amide bonds. The number of anilines is 1. The largest absolute Gasteiger partial charge is 0.322 e. The van der Waals surface area contributed by atoms with Gasteiger partial charge in [0, 0.05) is 34.0 Å². The molecule has 0 heterocycles. The summed E-state index contributed by atoms with van der Waals surface area (Å²) in [6.45, 7) is 8.37. The van der Waals surface area contributed by atoms with Crippen molar-refractivity contribution in [3.8, 4) is 0 Å². The molecule has 2 nitrogen and oxygen atoms in total. The summed E-state index contributed by atoms with van der Waals surface area (Å²) in [5, 5.41) is 2.85. The molecule has 0 aliphatic carbocycles. The Morgan fingerprint density at radius 2 is 1.86 bits per heavy atom. The summed E-state index contributed by atoms with van der Waals surface area (Å²) < 4.78 is 39.6. The van der Waals surface area contributed by atoms with Crippen LogP contribution in [0.3, 0.4) is 0 Å². The smallest absolute Gasteiger partial charge is 0.255 e. The van der Waals surface area contributed by atoms with E-state index in [1.165, 1.54) is 17.8 Å². The Morgan fingerprint density at radius 1 is 1.21 bits per heavy atom. The number of amides is 1. The lowest BCUT2D eigenvalue weighted by Crippen LogP contribution is -2.12. The van der Waals surface area contributed by atoms with E-state index in [4.69, 9.17) is 11.6 Å². The van der Waals surface area contributed by atoms with E-state index < -0.39 is 23.4 Å². The molecular formula is C21H21ClF3NOS. The molecule has 0 bridgehead atoms. The number of hydrogen-bond donors (Lipinski definition) is 1. The van der Waals surface area contributed by atoms with Crippen LogP contribution in [-0.2, 0) is 0 Å². The van der Waals surface area contributed by atoms with E-state index in [0.29, 0.717) is 21.6 Å². The van der Waals surface area contributed by atoms with Gasteiger partial charge in [0.25, 0.3) is 5.91 Å². The minimum Gasteiger partial charge on any atom is -0.322 e. The van der Waals surface area contributed by atoms with Crippen LogP contribution in [0.25, 0.3) is 0 Å². The fourth-order valence-corrected chi connectivity index (χ4v) is 3.64. The molecule has 2 aromatic rings. The van der Waals surface area contributed by atoms with Crippen molar-refractivity contribution < 1.29 is 18.0 Å². The predicted octanol–water partition coefficient (Wildman–Crippen LogP) is 7.09. The van der Waals surface area contributed by atoms with Crippen molar-refractivity contribution in [3.63, 3.8) is 0 Å². The second-order valence-corrected chi connectivity index (χ2v) is 8.03. The lowest BCUT2D eigenvalue weighted by Gasteiger charge is -2.12. The van der Waals surface area contributed by atoms with Gasteiger partial charge >= 0.3 is 0 Å². The minimum atomic E-state index is -1.58. The molecule has 2 rings (SSSR count). The lowest BCUT2D eigenvalue weighted by molar-refractivity contribution is 0.102. The first-order valence-electron chi connectivity index (χ1n) is 8.76. The van der Waals surface area contributed by atoms with Crippen LogP contribution in [0.15, 0.2) is 47.4 Å². The molecule has 7 heteroatoms. The summed E-state index contributed by atoms with van der Waals surface area (Å²) in [6.07, 6.45) is 1.99. The van der Waals surface area contributed by atoms with Crippen LogP contribution >= 0.6 is 23.4 Å². The third-order valence-corrected chi connectivity index (χ3v) is 5.84. The monoisotopic (exact) mass is 427 g/mol. The molecule has 2 aromatic carbocycles. The summed E-state index contributed by atoms with van der Waals surface area (Å²) in [7, 11) is 0. The highest BCUT2D eigenvalue weighted by molar-refractivity contribution is 7.99. The molecule has 0 saturated carbocycles. The Bertz CT molecular complexity index is 865. The van der Waals surface area contributed by atoms with E-state index >= 15 is 0 Å². The molecule has 0 aliphatic rings. The van der Waals surface area contributed by atoms with Gasteiger partial charge in [-0.05, 0) is 30.5 Å². The number of carbonyl (C=O) groups excluding carboxylic acids is 1. The van der Waals surface area contributed by atoms with E-state index in [9.17, 15) is 18.0 Å². The molecule has 150 valence electrons. The molecule has 0 saturated heterocycles. The Hall–Kier alpha value is -1.92. The number of thioether (sulfide) groups is 1. The minimum absolute atomic E-state index is 0.174. The van der Waals surface area contributed by atoms with Gasteiger partial charge in [-0.15, -0.1) is 11.8 Å². The maximum Gasteiger partial charge on any atom is 0.255 e. The lowest BCUT2D eigenvalue weighted by atomic mass is 10.0. The summed E-state index contributed by atoms with van der Waals surface area (Å²) >= 11 is 7.68. The molecule has 0 fully saturated rings. The fourth-order valence-electron chi connectivity index (χ4n) is 2.46. The van der Waals surface area contributed by atoms with Crippen molar-refractivity contribution in [2.45, 2.75) is 31.6 Å². The number of carbonyl (C=O) groups is 1. The average molecular weight is 428 g/mol. The standard InChI is InChI=1S/C21H21ClF3NOS/c1-4-12(2)7-13(3)11-28-19-8-14(5-6-16(19)22)21(27)26-15-9-17(23)20(25)18(24)10-15/h5-6,8-10,12H,3-4,7,11H2,1-2H3,(H,26,27). The summed E-state index contributed by atoms with van der Waals surface area (Å²) in [5.74, 6) is -3.69. The predicted molar refractivity (Wildman–Crippen MR) is 110 cm³/mol. The molecule has 1 atom stereocenters. The average Bonchev–Trinajstić information content (AvgIpc) is 2.65. The van der Waals surface area contributed by atoms with E-state index in [2.05, 4.69) is 25.7 Å². The van der Waals surface area contributed by atoms with Gasteiger partial charge in [0.1, 0.15) is 0 Å². The van der Waals surface area contributed by atoms with Crippen molar-refractivity contribution in [2.75, 3.05) is 11.1 Å². The first kappa shape index (κ1) is 22.4. The maximum absolute atomic E-state index is 13.3. The van der Waals surface area contributed by atoms with Crippen LogP contribution in [0.2, 0.25) is 5.02 Å². The molecule has 0 aromatic heterocycles. The molecule has 0 aliphatic heterocycles. The SMILES string of the molecule is C=C(CSc1cc(C(=O)Nc2cc(F)c(F)c(F)c2)ccc1Cl)CC(C)CC. The highest BCUT2D eigenvalue weighted by Gasteiger charge is 2.14. The van der Waals surface area contributed by atoms with Crippen molar-refractivity contribution in [3.05, 3.63) is 70.5 Å². The number of benzene rings is 2. The van der Waals surface area contributed by atoms with Gasteiger partial charge in [0.15, 0.2) is 17.5 Å². The summed E-state index contributed by atoms with van der Waals surface area (Å²) in [5.41, 5.74) is 1.18. The molecule has 0 radical (unpaired) electrons. The van der Waals surface area contributed by atoms with Gasteiger partial charge in [-0.3, -0.25) is 4.79 Å². The van der Waals surface area contributed by atoms with Gasteiger partial charge < -0.3 is 5.32 Å².